The van der Waals surface area contributed by atoms with E-state index in [1.54, 1.807) is 35.2 Å². The van der Waals surface area contributed by atoms with Crippen molar-refractivity contribution in [3.05, 3.63) is 30.3 Å². The SMILES string of the molecule is CCNC(=O)N1CCC(S(=O)(=O)c2ccccc2)CC1. The average molecular weight is 296 g/mol. The van der Waals surface area contributed by atoms with Crippen LogP contribution in [-0.2, 0) is 9.84 Å². The molecule has 1 aromatic rings. The number of sulfone groups is 1. The predicted molar refractivity (Wildman–Crippen MR) is 77.3 cm³/mol. The summed E-state index contributed by atoms with van der Waals surface area (Å²) in [5.74, 6) is 0. The van der Waals surface area contributed by atoms with E-state index in [0.29, 0.717) is 37.4 Å². The molecule has 2 rings (SSSR count). The van der Waals surface area contributed by atoms with Crippen LogP contribution in [0.1, 0.15) is 19.8 Å². The van der Waals surface area contributed by atoms with Gasteiger partial charge in [0.05, 0.1) is 10.1 Å². The third-order valence-corrected chi connectivity index (χ3v) is 5.85. The summed E-state index contributed by atoms with van der Waals surface area (Å²) < 4.78 is 24.9. The van der Waals surface area contributed by atoms with E-state index < -0.39 is 15.1 Å². The normalized spacial score (nSPS) is 16.9. The van der Waals surface area contributed by atoms with E-state index >= 15 is 0 Å². The zero-order valence-corrected chi connectivity index (χ0v) is 12.4. The molecule has 1 aromatic carbocycles. The Bertz CT molecular complexity index is 549. The lowest BCUT2D eigenvalue weighted by molar-refractivity contribution is 0.187. The summed E-state index contributed by atoms with van der Waals surface area (Å²) in [7, 11) is -3.28. The lowest BCUT2D eigenvalue weighted by atomic mass is 10.1. The van der Waals surface area contributed by atoms with Crippen LogP contribution in [0.3, 0.4) is 0 Å². The van der Waals surface area contributed by atoms with Crippen molar-refractivity contribution in [2.24, 2.45) is 0 Å². The van der Waals surface area contributed by atoms with Crippen LogP contribution in [0.4, 0.5) is 4.79 Å². The molecule has 0 aromatic heterocycles. The Kier molecular flexibility index (Phi) is 4.65. The second-order valence-electron chi connectivity index (χ2n) is 4.88. The minimum absolute atomic E-state index is 0.108. The first-order valence-electron chi connectivity index (χ1n) is 6.87. The Morgan fingerprint density at radius 1 is 1.25 bits per heavy atom. The Morgan fingerprint density at radius 3 is 2.40 bits per heavy atom. The zero-order valence-electron chi connectivity index (χ0n) is 11.6. The van der Waals surface area contributed by atoms with E-state index in [-0.39, 0.29) is 6.03 Å². The van der Waals surface area contributed by atoms with Crippen molar-refractivity contribution in [2.45, 2.75) is 29.9 Å². The molecule has 1 N–H and O–H groups in total. The monoisotopic (exact) mass is 296 g/mol. The number of nitrogens with one attached hydrogen (secondary N) is 1. The van der Waals surface area contributed by atoms with Crippen molar-refractivity contribution in [3.8, 4) is 0 Å². The Hall–Kier alpha value is -1.56. The quantitative estimate of drug-likeness (QED) is 0.922. The number of hydrogen-bond donors (Lipinski definition) is 1. The number of carbonyl (C=O) groups excluding carboxylic acids is 1. The van der Waals surface area contributed by atoms with Crippen LogP contribution in [0.25, 0.3) is 0 Å². The minimum atomic E-state index is -3.28. The third kappa shape index (κ3) is 3.12. The maximum Gasteiger partial charge on any atom is 0.317 e. The van der Waals surface area contributed by atoms with Gasteiger partial charge in [-0.3, -0.25) is 0 Å². The van der Waals surface area contributed by atoms with Crippen molar-refractivity contribution in [1.82, 2.24) is 10.2 Å². The highest BCUT2D eigenvalue weighted by Gasteiger charge is 2.32. The molecule has 1 heterocycles. The van der Waals surface area contributed by atoms with Crippen molar-refractivity contribution in [3.63, 3.8) is 0 Å². The molecule has 1 fully saturated rings. The zero-order chi connectivity index (χ0) is 14.6. The molecule has 0 bridgehead atoms. The Balaban J connectivity index is 2.02. The first-order valence-corrected chi connectivity index (χ1v) is 8.42. The van der Waals surface area contributed by atoms with Crippen molar-refractivity contribution >= 4 is 15.9 Å². The number of benzene rings is 1. The fourth-order valence-corrected chi connectivity index (χ4v) is 4.19. The first kappa shape index (κ1) is 14.8. The summed E-state index contributed by atoms with van der Waals surface area (Å²) in [5, 5.41) is 2.35. The van der Waals surface area contributed by atoms with Crippen molar-refractivity contribution < 1.29 is 13.2 Å². The highest BCUT2D eigenvalue weighted by atomic mass is 32.2. The number of carbonyl (C=O) groups is 1. The molecule has 0 unspecified atom stereocenters. The van der Waals surface area contributed by atoms with E-state index in [2.05, 4.69) is 5.32 Å². The van der Waals surface area contributed by atoms with Crippen molar-refractivity contribution in [1.29, 1.82) is 0 Å². The van der Waals surface area contributed by atoms with Gasteiger partial charge in [0.25, 0.3) is 0 Å². The van der Waals surface area contributed by atoms with Crippen LogP contribution in [0.15, 0.2) is 35.2 Å². The molecular weight excluding hydrogens is 276 g/mol. The summed E-state index contributed by atoms with van der Waals surface area (Å²) in [4.78, 5) is 13.7. The summed E-state index contributed by atoms with van der Waals surface area (Å²) in [6, 6.07) is 8.42. The van der Waals surface area contributed by atoms with Gasteiger partial charge in [-0.15, -0.1) is 0 Å². The second kappa shape index (κ2) is 6.26. The molecule has 1 aliphatic rings. The van der Waals surface area contributed by atoms with Crippen LogP contribution in [-0.4, -0.2) is 44.2 Å². The lowest BCUT2D eigenvalue weighted by Crippen LogP contribution is -2.46. The molecule has 2 amide bonds. The van der Waals surface area contributed by atoms with Gasteiger partial charge in [-0.05, 0) is 31.9 Å². The molecule has 110 valence electrons. The van der Waals surface area contributed by atoms with Crippen LogP contribution >= 0.6 is 0 Å². The molecule has 0 spiro atoms. The molecule has 0 atom stereocenters. The van der Waals surface area contributed by atoms with Crippen LogP contribution in [0.5, 0.6) is 0 Å². The molecule has 6 heteroatoms. The lowest BCUT2D eigenvalue weighted by Gasteiger charge is -2.31. The fourth-order valence-electron chi connectivity index (χ4n) is 2.43. The number of hydrogen-bond acceptors (Lipinski definition) is 3. The maximum atomic E-state index is 12.5. The Labute approximate surface area is 119 Å². The molecule has 5 nitrogen and oxygen atoms in total. The van der Waals surface area contributed by atoms with E-state index in [1.165, 1.54) is 0 Å². The van der Waals surface area contributed by atoms with Gasteiger partial charge < -0.3 is 10.2 Å². The number of urea groups is 1. The van der Waals surface area contributed by atoms with Gasteiger partial charge in [-0.2, -0.15) is 0 Å². The molecule has 0 saturated carbocycles. The van der Waals surface area contributed by atoms with Gasteiger partial charge in [-0.1, -0.05) is 18.2 Å². The van der Waals surface area contributed by atoms with E-state index in [9.17, 15) is 13.2 Å². The smallest absolute Gasteiger partial charge is 0.317 e. The standard InChI is InChI=1S/C14H20N2O3S/c1-2-15-14(17)16-10-8-13(9-11-16)20(18,19)12-6-4-3-5-7-12/h3-7,13H,2,8-11H2,1H3,(H,15,17). The van der Waals surface area contributed by atoms with Gasteiger partial charge >= 0.3 is 6.03 Å². The third-order valence-electron chi connectivity index (χ3n) is 3.57. The van der Waals surface area contributed by atoms with Gasteiger partial charge in [0, 0.05) is 19.6 Å². The van der Waals surface area contributed by atoms with Gasteiger partial charge in [0.15, 0.2) is 9.84 Å². The maximum absolute atomic E-state index is 12.5. The number of nitrogens with zero attached hydrogens (tertiary/aromatic N) is 1. The van der Waals surface area contributed by atoms with Crippen LogP contribution in [0.2, 0.25) is 0 Å². The summed E-state index contributed by atoms with van der Waals surface area (Å²) in [6.07, 6.45) is 0.989. The van der Waals surface area contributed by atoms with Crippen LogP contribution in [0, 0.1) is 0 Å². The highest BCUT2D eigenvalue weighted by Crippen LogP contribution is 2.24. The van der Waals surface area contributed by atoms with Gasteiger partial charge in [-0.25, -0.2) is 13.2 Å². The molecule has 0 aliphatic carbocycles. The summed E-state index contributed by atoms with van der Waals surface area (Å²) in [5.41, 5.74) is 0. The van der Waals surface area contributed by atoms with E-state index in [1.807, 2.05) is 6.92 Å². The number of piperidine rings is 1. The summed E-state index contributed by atoms with van der Waals surface area (Å²) >= 11 is 0. The number of amides is 2. The van der Waals surface area contributed by atoms with E-state index in [4.69, 9.17) is 0 Å². The van der Waals surface area contributed by atoms with Gasteiger partial charge in [0.1, 0.15) is 0 Å². The number of likely N-dealkylation sites (tertiary alicyclic amines) is 1. The number of rotatable bonds is 3. The molecule has 0 radical (unpaired) electrons. The molecular formula is C14H20N2O3S. The summed E-state index contributed by atoms with van der Waals surface area (Å²) in [6.45, 7) is 3.43. The average Bonchev–Trinajstić information content (AvgIpc) is 2.48. The largest absolute Gasteiger partial charge is 0.338 e. The fraction of sp³-hybridized carbons (Fsp3) is 0.500. The van der Waals surface area contributed by atoms with Crippen LogP contribution < -0.4 is 5.32 Å². The highest BCUT2D eigenvalue weighted by molar-refractivity contribution is 7.92. The molecule has 1 saturated heterocycles. The van der Waals surface area contributed by atoms with Gasteiger partial charge in [0.2, 0.25) is 0 Å². The van der Waals surface area contributed by atoms with E-state index in [0.717, 1.165) is 0 Å². The Morgan fingerprint density at radius 2 is 1.85 bits per heavy atom. The second-order valence-corrected chi connectivity index (χ2v) is 7.11. The predicted octanol–water partition coefficient (Wildman–Crippen LogP) is 1.65. The molecule has 1 aliphatic heterocycles. The minimum Gasteiger partial charge on any atom is -0.338 e. The topological polar surface area (TPSA) is 66.5 Å². The van der Waals surface area contributed by atoms with Crippen molar-refractivity contribution in [2.75, 3.05) is 19.6 Å². The first-order chi connectivity index (χ1) is 9.55. The molecule has 20 heavy (non-hydrogen) atoms.